The van der Waals surface area contributed by atoms with E-state index in [-0.39, 0.29) is 18.1 Å². The Bertz CT molecular complexity index is 479. The SMILES string of the molecule is CNC[C@H]1CCN(C(=O)Cc2ccc(OC)c(F)c2)C1. The molecule has 4 nitrogen and oxygen atoms in total. The number of benzene rings is 1. The molecule has 1 amide bonds. The lowest BCUT2D eigenvalue weighted by Gasteiger charge is -2.16. The molecule has 0 unspecified atom stereocenters. The van der Waals surface area contributed by atoms with Crippen LogP contribution < -0.4 is 10.1 Å². The van der Waals surface area contributed by atoms with E-state index in [1.807, 2.05) is 11.9 Å². The summed E-state index contributed by atoms with van der Waals surface area (Å²) in [4.78, 5) is 14.0. The summed E-state index contributed by atoms with van der Waals surface area (Å²) in [7, 11) is 3.35. The van der Waals surface area contributed by atoms with Crippen molar-refractivity contribution in [2.45, 2.75) is 12.8 Å². The quantitative estimate of drug-likeness (QED) is 0.887. The lowest BCUT2D eigenvalue weighted by molar-refractivity contribution is -0.129. The first-order valence-electron chi connectivity index (χ1n) is 6.88. The summed E-state index contributed by atoms with van der Waals surface area (Å²) in [6.45, 7) is 2.52. The fourth-order valence-electron chi connectivity index (χ4n) is 2.62. The zero-order valence-electron chi connectivity index (χ0n) is 12.0. The molecule has 0 saturated carbocycles. The number of ether oxygens (including phenoxy) is 1. The second-order valence-corrected chi connectivity index (χ2v) is 5.20. The molecule has 1 aliphatic rings. The number of hydrogen-bond donors (Lipinski definition) is 1. The topological polar surface area (TPSA) is 41.6 Å². The zero-order chi connectivity index (χ0) is 14.5. The zero-order valence-corrected chi connectivity index (χ0v) is 12.0. The summed E-state index contributed by atoms with van der Waals surface area (Å²) in [6, 6.07) is 4.67. The predicted octanol–water partition coefficient (Wildman–Crippen LogP) is 1.44. The van der Waals surface area contributed by atoms with Crippen molar-refractivity contribution in [1.82, 2.24) is 10.2 Å². The van der Waals surface area contributed by atoms with Crippen LogP contribution in [0.1, 0.15) is 12.0 Å². The first kappa shape index (κ1) is 14.8. The Morgan fingerprint density at radius 3 is 3.00 bits per heavy atom. The lowest BCUT2D eigenvalue weighted by atomic mass is 10.1. The molecule has 1 aromatic rings. The molecule has 0 radical (unpaired) electrons. The molecular formula is C15H21FN2O2. The molecule has 1 N–H and O–H groups in total. The Hall–Kier alpha value is -1.62. The average molecular weight is 280 g/mol. The molecule has 2 rings (SSSR count). The number of likely N-dealkylation sites (tertiary alicyclic amines) is 1. The molecule has 1 aromatic carbocycles. The highest BCUT2D eigenvalue weighted by Gasteiger charge is 2.25. The Labute approximate surface area is 118 Å². The third-order valence-electron chi connectivity index (χ3n) is 3.70. The maximum absolute atomic E-state index is 13.6. The Morgan fingerprint density at radius 2 is 2.35 bits per heavy atom. The van der Waals surface area contributed by atoms with E-state index in [1.165, 1.54) is 13.2 Å². The second kappa shape index (κ2) is 6.70. The summed E-state index contributed by atoms with van der Waals surface area (Å²) >= 11 is 0. The van der Waals surface area contributed by atoms with Crippen LogP contribution in [-0.4, -0.2) is 44.6 Å². The van der Waals surface area contributed by atoms with Crippen LogP contribution in [0.3, 0.4) is 0 Å². The number of carbonyl (C=O) groups is 1. The number of halogens is 1. The van der Waals surface area contributed by atoms with E-state index in [0.717, 1.165) is 26.1 Å². The van der Waals surface area contributed by atoms with Gasteiger partial charge in [0, 0.05) is 13.1 Å². The summed E-state index contributed by atoms with van der Waals surface area (Å²) in [6.07, 6.45) is 1.27. The van der Waals surface area contributed by atoms with Crippen molar-refractivity contribution in [1.29, 1.82) is 0 Å². The van der Waals surface area contributed by atoms with Crippen molar-refractivity contribution in [2.24, 2.45) is 5.92 Å². The van der Waals surface area contributed by atoms with Crippen LogP contribution in [0.15, 0.2) is 18.2 Å². The van der Waals surface area contributed by atoms with Gasteiger partial charge in [-0.15, -0.1) is 0 Å². The molecule has 1 fully saturated rings. The Balaban J connectivity index is 1.93. The van der Waals surface area contributed by atoms with Gasteiger partial charge in [0.25, 0.3) is 0 Å². The van der Waals surface area contributed by atoms with Crippen LogP contribution in [0.4, 0.5) is 4.39 Å². The number of carbonyl (C=O) groups excluding carboxylic acids is 1. The van der Waals surface area contributed by atoms with Crippen molar-refractivity contribution >= 4 is 5.91 Å². The highest BCUT2D eigenvalue weighted by Crippen LogP contribution is 2.20. The van der Waals surface area contributed by atoms with Crippen LogP contribution in [0.25, 0.3) is 0 Å². The fourth-order valence-corrected chi connectivity index (χ4v) is 2.62. The average Bonchev–Trinajstić information content (AvgIpc) is 2.88. The monoisotopic (exact) mass is 280 g/mol. The van der Waals surface area contributed by atoms with Crippen LogP contribution in [0, 0.1) is 11.7 Å². The number of methoxy groups -OCH3 is 1. The van der Waals surface area contributed by atoms with Gasteiger partial charge in [0.05, 0.1) is 13.5 Å². The molecule has 110 valence electrons. The van der Waals surface area contributed by atoms with Crippen molar-refractivity contribution in [3.05, 3.63) is 29.6 Å². The third-order valence-corrected chi connectivity index (χ3v) is 3.70. The van der Waals surface area contributed by atoms with Crippen LogP contribution in [-0.2, 0) is 11.2 Å². The molecule has 5 heteroatoms. The van der Waals surface area contributed by atoms with E-state index >= 15 is 0 Å². The molecule has 1 saturated heterocycles. The second-order valence-electron chi connectivity index (χ2n) is 5.20. The summed E-state index contributed by atoms with van der Waals surface area (Å²) in [5.74, 6) is 0.369. The molecular weight excluding hydrogens is 259 g/mol. The molecule has 0 spiro atoms. The van der Waals surface area contributed by atoms with Gasteiger partial charge in [-0.2, -0.15) is 0 Å². The van der Waals surface area contributed by atoms with Crippen LogP contribution >= 0.6 is 0 Å². The molecule has 1 atom stereocenters. The van der Waals surface area contributed by atoms with Gasteiger partial charge in [-0.3, -0.25) is 4.79 Å². The number of rotatable bonds is 5. The Kier molecular flexibility index (Phi) is 4.95. The molecule has 0 aliphatic carbocycles. The molecule has 20 heavy (non-hydrogen) atoms. The maximum Gasteiger partial charge on any atom is 0.227 e. The first-order chi connectivity index (χ1) is 9.63. The largest absolute Gasteiger partial charge is 0.494 e. The number of nitrogens with zero attached hydrogens (tertiary/aromatic N) is 1. The van der Waals surface area contributed by atoms with Crippen molar-refractivity contribution in [3.63, 3.8) is 0 Å². The van der Waals surface area contributed by atoms with Gasteiger partial charge in [-0.1, -0.05) is 6.07 Å². The molecule has 1 heterocycles. The standard InChI is InChI=1S/C15H21FN2O2/c1-17-9-12-5-6-18(10-12)15(19)8-11-3-4-14(20-2)13(16)7-11/h3-4,7,12,17H,5-6,8-10H2,1-2H3/t12-/m1/s1. The lowest BCUT2D eigenvalue weighted by Crippen LogP contribution is -2.31. The highest BCUT2D eigenvalue weighted by molar-refractivity contribution is 5.79. The van der Waals surface area contributed by atoms with E-state index < -0.39 is 5.82 Å². The van der Waals surface area contributed by atoms with Gasteiger partial charge in [0.2, 0.25) is 5.91 Å². The van der Waals surface area contributed by atoms with Crippen LogP contribution in [0.2, 0.25) is 0 Å². The van der Waals surface area contributed by atoms with Crippen molar-refractivity contribution in [2.75, 3.05) is 33.8 Å². The van der Waals surface area contributed by atoms with E-state index in [4.69, 9.17) is 4.74 Å². The Morgan fingerprint density at radius 1 is 1.55 bits per heavy atom. The van der Waals surface area contributed by atoms with E-state index in [9.17, 15) is 9.18 Å². The summed E-state index contributed by atoms with van der Waals surface area (Å²) in [5.41, 5.74) is 0.686. The van der Waals surface area contributed by atoms with Gasteiger partial charge in [0.15, 0.2) is 11.6 Å². The van der Waals surface area contributed by atoms with E-state index in [1.54, 1.807) is 12.1 Å². The third kappa shape index (κ3) is 3.48. The highest BCUT2D eigenvalue weighted by atomic mass is 19.1. The normalized spacial score (nSPS) is 18.4. The summed E-state index contributed by atoms with van der Waals surface area (Å²) < 4.78 is 18.5. The van der Waals surface area contributed by atoms with Crippen molar-refractivity contribution in [3.8, 4) is 5.75 Å². The first-order valence-corrected chi connectivity index (χ1v) is 6.88. The minimum atomic E-state index is -0.424. The van der Waals surface area contributed by atoms with Gasteiger partial charge < -0.3 is 15.0 Å². The molecule has 1 aliphatic heterocycles. The van der Waals surface area contributed by atoms with Crippen molar-refractivity contribution < 1.29 is 13.9 Å². The van der Waals surface area contributed by atoms with Gasteiger partial charge >= 0.3 is 0 Å². The predicted molar refractivity (Wildman–Crippen MR) is 75.3 cm³/mol. The fraction of sp³-hybridized carbons (Fsp3) is 0.533. The summed E-state index contributed by atoms with van der Waals surface area (Å²) in [5, 5.41) is 3.14. The maximum atomic E-state index is 13.6. The molecule has 0 bridgehead atoms. The van der Waals surface area contributed by atoms with E-state index in [0.29, 0.717) is 11.5 Å². The number of amides is 1. The van der Waals surface area contributed by atoms with Gasteiger partial charge in [-0.05, 0) is 43.6 Å². The number of hydrogen-bond acceptors (Lipinski definition) is 3. The van der Waals surface area contributed by atoms with Gasteiger partial charge in [-0.25, -0.2) is 4.39 Å². The minimum absolute atomic E-state index is 0.0631. The number of nitrogens with one attached hydrogen (secondary N) is 1. The van der Waals surface area contributed by atoms with Crippen LogP contribution in [0.5, 0.6) is 5.75 Å². The molecule has 0 aromatic heterocycles. The minimum Gasteiger partial charge on any atom is -0.494 e. The van der Waals surface area contributed by atoms with E-state index in [2.05, 4.69) is 5.32 Å². The smallest absolute Gasteiger partial charge is 0.227 e. The van der Waals surface area contributed by atoms with Gasteiger partial charge in [0.1, 0.15) is 0 Å².